The molecule has 0 aromatic carbocycles. The third-order valence-corrected chi connectivity index (χ3v) is 6.84. The Morgan fingerprint density at radius 3 is 2.74 bits per heavy atom. The molecule has 5 heterocycles. The Labute approximate surface area is 221 Å². The van der Waals surface area contributed by atoms with E-state index in [1.54, 1.807) is 42.1 Å². The number of nitrogens with zero attached hydrogens (tertiary/aromatic N) is 4. The Morgan fingerprint density at radius 2 is 1.92 bits per heavy atom. The van der Waals surface area contributed by atoms with Crippen molar-refractivity contribution in [3.05, 3.63) is 64.3 Å². The minimum atomic E-state index is -0.404. The van der Waals surface area contributed by atoms with Crippen molar-refractivity contribution in [1.82, 2.24) is 24.8 Å². The largest absolute Gasteiger partial charge is 0.486 e. The first-order chi connectivity index (χ1) is 18.6. The van der Waals surface area contributed by atoms with Crippen molar-refractivity contribution in [2.45, 2.75) is 38.9 Å². The maximum atomic E-state index is 12.7. The van der Waals surface area contributed by atoms with Crippen LogP contribution in [0.3, 0.4) is 0 Å². The molecule has 2 aliphatic rings. The molecule has 10 heteroatoms. The van der Waals surface area contributed by atoms with Gasteiger partial charge in [-0.25, -0.2) is 4.79 Å². The standard InChI is InChI=1S/C28H33N5O5/c1-2-36-28(35)6-3-20-15-24-23(31-17-20)4-5-27(34)33(24)12-11-32-9-7-21(8-10-32)29-18-22-16-25-26(19-30-22)38-14-13-37-25/h3-6,15-17,19,21,29H,2,7-14,18H2,1H3/b6-3+. The summed E-state index contributed by atoms with van der Waals surface area (Å²) >= 11 is 0. The van der Waals surface area contributed by atoms with Crippen molar-refractivity contribution >= 4 is 23.1 Å². The normalized spacial score (nSPS) is 16.2. The Bertz CT molecular complexity index is 1360. The molecule has 0 radical (unpaired) electrons. The van der Waals surface area contributed by atoms with Gasteiger partial charge >= 0.3 is 5.97 Å². The van der Waals surface area contributed by atoms with Gasteiger partial charge in [0.25, 0.3) is 5.56 Å². The third kappa shape index (κ3) is 6.38. The predicted molar refractivity (Wildman–Crippen MR) is 143 cm³/mol. The highest BCUT2D eigenvalue weighted by Gasteiger charge is 2.20. The maximum absolute atomic E-state index is 12.7. The molecule has 3 aromatic heterocycles. The SMILES string of the molecule is CCOC(=O)/C=C/c1cnc2ccc(=O)n(CCN3CCC(NCc4cc5c(cn4)OCCO5)CC3)c2c1. The lowest BCUT2D eigenvalue weighted by Gasteiger charge is -2.32. The summed E-state index contributed by atoms with van der Waals surface area (Å²) in [6.45, 7) is 7.16. The lowest BCUT2D eigenvalue weighted by molar-refractivity contribution is -0.137. The van der Waals surface area contributed by atoms with Crippen LogP contribution in [0.5, 0.6) is 11.5 Å². The first-order valence-electron chi connectivity index (χ1n) is 13.1. The summed E-state index contributed by atoms with van der Waals surface area (Å²) in [4.78, 5) is 35.7. The summed E-state index contributed by atoms with van der Waals surface area (Å²) in [5, 5.41) is 3.62. The van der Waals surface area contributed by atoms with E-state index in [0.717, 1.165) is 60.5 Å². The van der Waals surface area contributed by atoms with E-state index in [9.17, 15) is 9.59 Å². The van der Waals surface area contributed by atoms with Gasteiger partial charge in [0.15, 0.2) is 11.5 Å². The molecule has 0 unspecified atom stereocenters. The molecule has 10 nitrogen and oxygen atoms in total. The van der Waals surface area contributed by atoms with Crippen LogP contribution >= 0.6 is 0 Å². The molecule has 0 amide bonds. The molecule has 5 rings (SSSR count). The van der Waals surface area contributed by atoms with E-state index >= 15 is 0 Å². The Morgan fingerprint density at radius 1 is 1.11 bits per heavy atom. The number of carbonyl (C=O) groups excluding carboxylic acids is 1. The molecule has 2 aliphatic heterocycles. The number of aromatic nitrogens is 3. The van der Waals surface area contributed by atoms with Crippen LogP contribution < -0.4 is 20.3 Å². The maximum Gasteiger partial charge on any atom is 0.330 e. The highest BCUT2D eigenvalue weighted by Crippen LogP contribution is 2.29. The number of hydrogen-bond donors (Lipinski definition) is 1. The van der Waals surface area contributed by atoms with E-state index in [-0.39, 0.29) is 5.56 Å². The summed E-state index contributed by atoms with van der Waals surface area (Å²) in [5.41, 5.74) is 3.12. The Kier molecular flexibility index (Phi) is 8.30. The van der Waals surface area contributed by atoms with Crippen molar-refractivity contribution in [3.63, 3.8) is 0 Å². The molecule has 0 atom stereocenters. The summed E-state index contributed by atoms with van der Waals surface area (Å²) in [6, 6.07) is 7.55. The molecule has 200 valence electrons. The number of ether oxygens (including phenoxy) is 3. The molecule has 3 aromatic rings. The van der Waals surface area contributed by atoms with Crippen LogP contribution in [0.4, 0.5) is 0 Å². The average Bonchev–Trinajstić information content (AvgIpc) is 2.95. The number of hydrogen-bond acceptors (Lipinski definition) is 9. The molecule has 0 saturated carbocycles. The number of rotatable bonds is 9. The van der Waals surface area contributed by atoms with Gasteiger partial charge in [0.2, 0.25) is 0 Å². The van der Waals surface area contributed by atoms with Gasteiger partial charge in [-0.3, -0.25) is 14.8 Å². The molecule has 0 spiro atoms. The summed E-state index contributed by atoms with van der Waals surface area (Å²) in [7, 11) is 0. The number of piperidine rings is 1. The van der Waals surface area contributed by atoms with Crippen molar-refractivity contribution < 1.29 is 19.0 Å². The zero-order valence-electron chi connectivity index (χ0n) is 21.6. The van der Waals surface area contributed by atoms with Crippen LogP contribution in [0.15, 0.2) is 47.5 Å². The van der Waals surface area contributed by atoms with Crippen molar-refractivity contribution in [2.24, 2.45) is 0 Å². The molecule has 1 saturated heterocycles. The van der Waals surface area contributed by atoms with Crippen molar-refractivity contribution in [1.29, 1.82) is 0 Å². The second-order valence-electron chi connectivity index (χ2n) is 9.40. The van der Waals surface area contributed by atoms with Gasteiger partial charge in [-0.15, -0.1) is 0 Å². The fourth-order valence-electron chi connectivity index (χ4n) is 4.80. The summed E-state index contributed by atoms with van der Waals surface area (Å²) in [6.07, 6.45) is 8.51. The number of carbonyl (C=O) groups is 1. The van der Waals surface area contributed by atoms with Crippen LogP contribution in [-0.4, -0.2) is 70.9 Å². The quantitative estimate of drug-likeness (QED) is 0.337. The van der Waals surface area contributed by atoms with Crippen molar-refractivity contribution in [2.75, 3.05) is 39.5 Å². The zero-order valence-corrected chi connectivity index (χ0v) is 21.6. The van der Waals surface area contributed by atoms with Gasteiger partial charge in [-0.1, -0.05) is 0 Å². The van der Waals surface area contributed by atoms with E-state index in [2.05, 4.69) is 20.2 Å². The van der Waals surface area contributed by atoms with Crippen LogP contribution in [0, 0.1) is 0 Å². The van der Waals surface area contributed by atoms with E-state index < -0.39 is 5.97 Å². The number of nitrogens with one attached hydrogen (secondary N) is 1. The first-order valence-corrected chi connectivity index (χ1v) is 13.1. The third-order valence-electron chi connectivity index (χ3n) is 6.84. The minimum absolute atomic E-state index is 0.0608. The predicted octanol–water partition coefficient (Wildman–Crippen LogP) is 2.39. The minimum Gasteiger partial charge on any atom is -0.486 e. The second kappa shape index (κ2) is 12.2. The molecule has 38 heavy (non-hydrogen) atoms. The van der Waals surface area contributed by atoms with Crippen LogP contribution in [0.2, 0.25) is 0 Å². The highest BCUT2D eigenvalue weighted by molar-refractivity contribution is 5.88. The van der Waals surface area contributed by atoms with E-state index in [1.807, 2.05) is 12.1 Å². The topological polar surface area (TPSA) is 108 Å². The molecular formula is C28H33N5O5. The molecule has 1 fully saturated rings. The number of pyridine rings is 3. The smallest absolute Gasteiger partial charge is 0.330 e. The van der Waals surface area contributed by atoms with Gasteiger partial charge < -0.3 is 29.0 Å². The second-order valence-corrected chi connectivity index (χ2v) is 9.40. The fraction of sp³-hybridized carbons (Fsp3) is 0.429. The number of esters is 1. The first kappa shape index (κ1) is 25.9. The van der Waals surface area contributed by atoms with Crippen molar-refractivity contribution in [3.8, 4) is 11.5 Å². The number of fused-ring (bicyclic) bond motifs is 2. The van der Waals surface area contributed by atoms with Crippen LogP contribution in [0.25, 0.3) is 17.1 Å². The van der Waals surface area contributed by atoms with Gasteiger partial charge in [0, 0.05) is 50.1 Å². The van der Waals surface area contributed by atoms with Crippen LogP contribution in [-0.2, 0) is 22.6 Å². The van der Waals surface area contributed by atoms with Crippen LogP contribution in [0.1, 0.15) is 31.0 Å². The summed E-state index contributed by atoms with van der Waals surface area (Å²) < 4.78 is 17.9. The molecule has 0 aliphatic carbocycles. The van der Waals surface area contributed by atoms with Gasteiger partial charge in [0.1, 0.15) is 13.2 Å². The lowest BCUT2D eigenvalue weighted by atomic mass is 10.0. The average molecular weight is 520 g/mol. The lowest BCUT2D eigenvalue weighted by Crippen LogP contribution is -2.43. The van der Waals surface area contributed by atoms with E-state index in [0.29, 0.717) is 44.7 Å². The Balaban J connectivity index is 1.15. The summed E-state index contributed by atoms with van der Waals surface area (Å²) in [5.74, 6) is 1.07. The van der Waals surface area contributed by atoms with E-state index in [1.165, 1.54) is 6.08 Å². The molecule has 1 N–H and O–H groups in total. The zero-order chi connectivity index (χ0) is 26.3. The Hall–Kier alpha value is -3.76. The number of likely N-dealkylation sites (tertiary alicyclic amines) is 1. The molecular weight excluding hydrogens is 486 g/mol. The van der Waals surface area contributed by atoms with Gasteiger partial charge in [-0.2, -0.15) is 0 Å². The molecule has 0 bridgehead atoms. The highest BCUT2D eigenvalue weighted by atomic mass is 16.6. The van der Waals surface area contributed by atoms with E-state index in [4.69, 9.17) is 14.2 Å². The van der Waals surface area contributed by atoms with Gasteiger partial charge in [0.05, 0.1) is 29.5 Å². The monoisotopic (exact) mass is 519 g/mol. The fourth-order valence-corrected chi connectivity index (χ4v) is 4.80. The van der Waals surface area contributed by atoms with Gasteiger partial charge in [-0.05, 0) is 56.6 Å².